The van der Waals surface area contributed by atoms with E-state index in [1.54, 1.807) is 20.8 Å². The molecule has 23 heavy (non-hydrogen) atoms. The van der Waals surface area contributed by atoms with Crippen LogP contribution in [0.4, 0.5) is 22.4 Å². The van der Waals surface area contributed by atoms with Gasteiger partial charge in [-0.15, -0.1) is 0 Å². The number of amides is 2. The Balaban J connectivity index is 3.02. The second kappa shape index (κ2) is 6.43. The number of carbonyl (C=O) groups is 2. The molecular formula is C14H16F4N2O3. The Morgan fingerprint density at radius 3 is 2.22 bits per heavy atom. The van der Waals surface area contributed by atoms with Crippen molar-refractivity contribution in [2.24, 2.45) is 0 Å². The third-order valence-electron chi connectivity index (χ3n) is 2.49. The Hall–Kier alpha value is -2.32. The van der Waals surface area contributed by atoms with Crippen LogP contribution in [0.15, 0.2) is 18.2 Å². The number of hydrogen-bond donors (Lipinski definition) is 1. The molecule has 0 aliphatic rings. The maximum Gasteiger partial charge on any atom is 0.426 e. The van der Waals surface area contributed by atoms with E-state index in [0.29, 0.717) is 11.1 Å². The molecule has 0 bridgehead atoms. The van der Waals surface area contributed by atoms with Gasteiger partial charge in [0, 0.05) is 7.05 Å². The lowest BCUT2D eigenvalue weighted by atomic mass is 10.1. The number of benzene rings is 1. The SMILES string of the molecule is CN(NC(=O)OC(C)(C)C)C(=O)c1cccc(F)c1C(F)(F)F. The molecule has 1 aromatic rings. The third-order valence-corrected chi connectivity index (χ3v) is 2.49. The summed E-state index contributed by atoms with van der Waals surface area (Å²) in [4.78, 5) is 23.6. The van der Waals surface area contributed by atoms with E-state index in [-0.39, 0.29) is 0 Å². The van der Waals surface area contributed by atoms with E-state index in [1.807, 2.05) is 5.43 Å². The molecule has 0 unspecified atom stereocenters. The van der Waals surface area contributed by atoms with Crippen molar-refractivity contribution in [3.63, 3.8) is 0 Å². The van der Waals surface area contributed by atoms with E-state index in [4.69, 9.17) is 4.74 Å². The van der Waals surface area contributed by atoms with E-state index in [1.165, 1.54) is 0 Å². The van der Waals surface area contributed by atoms with Crippen LogP contribution in [0.1, 0.15) is 36.7 Å². The van der Waals surface area contributed by atoms with Crippen molar-refractivity contribution in [2.45, 2.75) is 32.5 Å². The Morgan fingerprint density at radius 1 is 1.17 bits per heavy atom. The van der Waals surface area contributed by atoms with Crippen molar-refractivity contribution in [3.8, 4) is 0 Å². The first kappa shape index (κ1) is 18.7. The molecule has 0 saturated carbocycles. The summed E-state index contributed by atoms with van der Waals surface area (Å²) in [5.74, 6) is -2.81. The average Bonchev–Trinajstić information content (AvgIpc) is 2.33. The van der Waals surface area contributed by atoms with E-state index in [2.05, 4.69) is 0 Å². The normalized spacial score (nSPS) is 11.8. The number of alkyl halides is 3. The lowest BCUT2D eigenvalue weighted by Gasteiger charge is -2.24. The number of nitrogens with one attached hydrogen (secondary N) is 1. The molecular weight excluding hydrogens is 320 g/mol. The zero-order valence-corrected chi connectivity index (χ0v) is 12.9. The largest absolute Gasteiger partial charge is 0.443 e. The number of halogens is 4. The molecule has 0 saturated heterocycles. The van der Waals surface area contributed by atoms with Crippen LogP contribution in [-0.4, -0.2) is 29.7 Å². The molecule has 0 heterocycles. The molecule has 128 valence electrons. The van der Waals surface area contributed by atoms with Crippen molar-refractivity contribution >= 4 is 12.0 Å². The van der Waals surface area contributed by atoms with Gasteiger partial charge in [0.05, 0.1) is 5.56 Å². The van der Waals surface area contributed by atoms with E-state index >= 15 is 0 Å². The number of hydrogen-bond acceptors (Lipinski definition) is 3. The highest BCUT2D eigenvalue weighted by Gasteiger charge is 2.39. The minimum atomic E-state index is -5.05. The number of nitrogens with zero attached hydrogens (tertiary/aromatic N) is 1. The van der Waals surface area contributed by atoms with Crippen LogP contribution in [0, 0.1) is 5.82 Å². The molecule has 1 rings (SSSR count). The van der Waals surface area contributed by atoms with Gasteiger partial charge in [0.2, 0.25) is 0 Å². The Labute approximate surface area is 130 Å². The Morgan fingerprint density at radius 2 is 1.74 bits per heavy atom. The molecule has 0 atom stereocenters. The summed E-state index contributed by atoms with van der Waals surface area (Å²) in [5.41, 5.74) is -1.50. The van der Waals surface area contributed by atoms with Gasteiger partial charge in [-0.1, -0.05) is 6.07 Å². The zero-order valence-electron chi connectivity index (χ0n) is 12.9. The highest BCUT2D eigenvalue weighted by molar-refractivity contribution is 5.96. The maximum absolute atomic E-state index is 13.5. The van der Waals surface area contributed by atoms with Gasteiger partial charge in [-0.3, -0.25) is 9.80 Å². The van der Waals surface area contributed by atoms with Crippen LogP contribution in [0.25, 0.3) is 0 Å². The molecule has 1 aromatic carbocycles. The van der Waals surface area contributed by atoms with Gasteiger partial charge < -0.3 is 4.74 Å². The molecule has 0 aromatic heterocycles. The van der Waals surface area contributed by atoms with E-state index in [9.17, 15) is 27.2 Å². The number of ether oxygens (including phenoxy) is 1. The Kier molecular flexibility index (Phi) is 5.24. The minimum absolute atomic E-state index is 0.498. The first-order valence-corrected chi connectivity index (χ1v) is 6.46. The molecule has 2 amide bonds. The van der Waals surface area contributed by atoms with Crippen LogP contribution in [0.2, 0.25) is 0 Å². The Bertz CT molecular complexity index is 609. The fourth-order valence-corrected chi connectivity index (χ4v) is 1.66. The highest BCUT2D eigenvalue weighted by atomic mass is 19.4. The van der Waals surface area contributed by atoms with Gasteiger partial charge in [-0.25, -0.2) is 14.6 Å². The molecule has 0 fully saturated rings. The molecule has 5 nitrogen and oxygen atoms in total. The van der Waals surface area contributed by atoms with Gasteiger partial charge >= 0.3 is 12.3 Å². The second-order valence-corrected chi connectivity index (χ2v) is 5.64. The van der Waals surface area contributed by atoms with Crippen LogP contribution in [0.3, 0.4) is 0 Å². The van der Waals surface area contributed by atoms with Crippen LogP contribution >= 0.6 is 0 Å². The molecule has 1 N–H and O–H groups in total. The summed E-state index contributed by atoms with van der Waals surface area (Å²) >= 11 is 0. The molecule has 0 aliphatic carbocycles. The lowest BCUT2D eigenvalue weighted by Crippen LogP contribution is -2.46. The number of carbonyl (C=O) groups excluding carboxylic acids is 2. The third kappa shape index (κ3) is 5.11. The average molecular weight is 336 g/mol. The van der Waals surface area contributed by atoms with Gasteiger partial charge in [-0.2, -0.15) is 13.2 Å². The fraction of sp³-hybridized carbons (Fsp3) is 0.429. The molecule has 0 aliphatic heterocycles. The monoisotopic (exact) mass is 336 g/mol. The molecule has 0 spiro atoms. The van der Waals surface area contributed by atoms with Gasteiger partial charge in [0.25, 0.3) is 5.91 Å². The lowest BCUT2D eigenvalue weighted by molar-refractivity contribution is -0.140. The fourth-order valence-electron chi connectivity index (χ4n) is 1.66. The van der Waals surface area contributed by atoms with Crippen molar-refractivity contribution in [1.29, 1.82) is 0 Å². The van der Waals surface area contributed by atoms with Crippen molar-refractivity contribution in [2.75, 3.05) is 7.05 Å². The van der Waals surface area contributed by atoms with Crippen molar-refractivity contribution in [3.05, 3.63) is 35.1 Å². The summed E-state index contributed by atoms with van der Waals surface area (Å²) in [7, 11) is 1.03. The predicted molar refractivity (Wildman–Crippen MR) is 72.9 cm³/mol. The predicted octanol–water partition coefficient (Wildman–Crippen LogP) is 3.36. The van der Waals surface area contributed by atoms with Gasteiger partial charge in [0.15, 0.2) is 0 Å². The zero-order chi connectivity index (χ0) is 18.0. The summed E-state index contributed by atoms with van der Waals surface area (Å²) in [6.07, 6.45) is -6.08. The van der Waals surface area contributed by atoms with Crippen LogP contribution in [0.5, 0.6) is 0 Å². The highest BCUT2D eigenvalue weighted by Crippen LogP contribution is 2.34. The van der Waals surface area contributed by atoms with Gasteiger partial charge in [-0.05, 0) is 32.9 Å². The minimum Gasteiger partial charge on any atom is -0.443 e. The molecule has 0 radical (unpaired) electrons. The van der Waals surface area contributed by atoms with Crippen LogP contribution in [-0.2, 0) is 10.9 Å². The van der Waals surface area contributed by atoms with Crippen molar-refractivity contribution < 1.29 is 31.9 Å². The van der Waals surface area contributed by atoms with E-state index < -0.39 is 40.7 Å². The summed E-state index contributed by atoms with van der Waals surface area (Å²) < 4.78 is 57.0. The first-order valence-electron chi connectivity index (χ1n) is 6.46. The summed E-state index contributed by atoms with van der Waals surface area (Å²) in [6.45, 7) is 4.72. The first-order chi connectivity index (χ1) is 10.3. The number of rotatable bonds is 1. The summed E-state index contributed by atoms with van der Waals surface area (Å²) in [5, 5.41) is 0.498. The molecule has 9 heteroatoms. The smallest absolute Gasteiger partial charge is 0.426 e. The maximum atomic E-state index is 13.5. The van der Waals surface area contributed by atoms with E-state index in [0.717, 1.165) is 19.2 Å². The number of hydrazine groups is 1. The topological polar surface area (TPSA) is 58.6 Å². The quantitative estimate of drug-likeness (QED) is 0.632. The summed E-state index contributed by atoms with van der Waals surface area (Å²) in [6, 6.07) is 2.39. The standard InChI is InChI=1S/C14H16F4N2O3/c1-13(2,3)23-12(22)19-20(4)11(21)8-6-5-7-9(15)10(8)14(16,17)18/h5-7H,1-4H3,(H,19,22). The van der Waals surface area contributed by atoms with Crippen LogP contribution < -0.4 is 5.43 Å². The second-order valence-electron chi connectivity index (χ2n) is 5.64. The van der Waals surface area contributed by atoms with Gasteiger partial charge in [0.1, 0.15) is 17.0 Å². The van der Waals surface area contributed by atoms with Crippen molar-refractivity contribution in [1.82, 2.24) is 10.4 Å².